The van der Waals surface area contributed by atoms with Crippen LogP contribution in [-0.2, 0) is 23.1 Å². The van der Waals surface area contributed by atoms with Crippen molar-refractivity contribution in [1.82, 2.24) is 25.0 Å². The van der Waals surface area contributed by atoms with Gasteiger partial charge in [-0.1, -0.05) is 0 Å². The van der Waals surface area contributed by atoms with E-state index in [2.05, 4.69) is 25.6 Å². The van der Waals surface area contributed by atoms with Gasteiger partial charge in [0.05, 0.1) is 39.9 Å². The second kappa shape index (κ2) is 9.85. The lowest BCUT2D eigenvalue weighted by Gasteiger charge is -2.27. The van der Waals surface area contributed by atoms with Crippen LogP contribution in [0.5, 0.6) is 5.75 Å². The summed E-state index contributed by atoms with van der Waals surface area (Å²) in [5.41, 5.74) is 2.49. The van der Waals surface area contributed by atoms with Crippen molar-refractivity contribution in [1.29, 1.82) is 5.26 Å². The zero-order valence-electron chi connectivity index (χ0n) is 27.0. The molecule has 4 aromatic rings. The smallest absolute Gasteiger partial charge is 0.415 e. The van der Waals surface area contributed by atoms with E-state index in [1.165, 1.54) is 44.8 Å². The maximum Gasteiger partial charge on any atom is 0.415 e. The Morgan fingerprint density at radius 1 is 1.36 bits per heavy atom. The van der Waals surface area contributed by atoms with Gasteiger partial charge in [-0.3, -0.25) is 19.2 Å². The van der Waals surface area contributed by atoms with Gasteiger partial charge in [-0.2, -0.15) is 15.5 Å². The van der Waals surface area contributed by atoms with E-state index in [0.717, 1.165) is 6.07 Å². The number of H-pyrrole nitrogens is 1. The SMILES string of the molecule is [2H]C([2H])([2H])N(C(=O)OC(C)(C)C)c1nc(-c2cnn(C)c2-c2c(F)cc3c(c2C#N)OC2(CC2)C(=O)N3)cc2c(CN)n[nH]c(=O)c12. The second-order valence-corrected chi connectivity index (χ2v) is 11.5. The molecule has 0 unspecified atom stereocenters. The number of hydrogen-bond donors (Lipinski definition) is 3. The van der Waals surface area contributed by atoms with Crippen LogP contribution in [0, 0.1) is 17.1 Å². The van der Waals surface area contributed by atoms with Crippen LogP contribution in [0.15, 0.2) is 23.1 Å². The van der Waals surface area contributed by atoms with Crippen molar-refractivity contribution in [3.05, 3.63) is 45.8 Å². The number of nitriles is 1. The van der Waals surface area contributed by atoms with Gasteiger partial charge in [-0.05, 0) is 26.8 Å². The average Bonchev–Trinajstić information content (AvgIpc) is 3.64. The maximum absolute atomic E-state index is 16.0. The van der Waals surface area contributed by atoms with Crippen molar-refractivity contribution in [3.63, 3.8) is 0 Å². The predicted molar refractivity (Wildman–Crippen MR) is 156 cm³/mol. The van der Waals surface area contributed by atoms with Crippen LogP contribution in [-0.4, -0.2) is 55.1 Å². The van der Waals surface area contributed by atoms with E-state index >= 15 is 4.39 Å². The third kappa shape index (κ3) is 4.51. The molecule has 4 heterocycles. The maximum atomic E-state index is 16.0. The van der Waals surface area contributed by atoms with Gasteiger partial charge >= 0.3 is 6.09 Å². The van der Waals surface area contributed by atoms with Gasteiger partial charge in [-0.25, -0.2) is 19.3 Å². The highest BCUT2D eigenvalue weighted by molar-refractivity contribution is 6.05. The van der Waals surface area contributed by atoms with Crippen molar-refractivity contribution in [2.75, 3.05) is 17.2 Å². The summed E-state index contributed by atoms with van der Waals surface area (Å²) in [6.45, 7) is 1.21. The molecular weight excluding hydrogens is 573 g/mol. The van der Waals surface area contributed by atoms with E-state index in [1.54, 1.807) is 0 Å². The molecule has 44 heavy (non-hydrogen) atoms. The molecule has 15 heteroatoms. The molecule has 0 saturated heterocycles. The molecule has 1 fully saturated rings. The highest BCUT2D eigenvalue weighted by atomic mass is 19.1. The number of nitrogens with one attached hydrogen (secondary N) is 2. The van der Waals surface area contributed by atoms with Crippen LogP contribution in [0.3, 0.4) is 0 Å². The number of aromatic nitrogens is 5. The number of ether oxygens (including phenoxy) is 2. The first-order valence-electron chi connectivity index (χ1n) is 14.9. The Balaban J connectivity index is 1.65. The van der Waals surface area contributed by atoms with Gasteiger partial charge in [0.1, 0.15) is 23.1 Å². The average molecular weight is 605 g/mol. The Hall–Kier alpha value is -5.36. The minimum atomic E-state index is -3.20. The zero-order chi connectivity index (χ0) is 34.2. The number of amides is 2. The van der Waals surface area contributed by atoms with Gasteiger partial charge in [0, 0.05) is 54.5 Å². The van der Waals surface area contributed by atoms with E-state index in [9.17, 15) is 19.6 Å². The minimum absolute atomic E-state index is 0.0104. The van der Waals surface area contributed by atoms with E-state index in [4.69, 9.17) is 19.3 Å². The number of nitrogens with two attached hydrogens (primary N) is 1. The first-order valence-corrected chi connectivity index (χ1v) is 13.4. The van der Waals surface area contributed by atoms with Crippen LogP contribution in [0.4, 0.5) is 20.7 Å². The highest BCUT2D eigenvalue weighted by Gasteiger charge is 2.56. The van der Waals surface area contributed by atoms with Gasteiger partial charge in [0.25, 0.3) is 11.5 Å². The molecule has 4 N–H and O–H groups in total. The topological polar surface area (TPSA) is 194 Å². The molecule has 3 aromatic heterocycles. The number of carbonyl (C=O) groups is 2. The van der Waals surface area contributed by atoms with Gasteiger partial charge in [0.2, 0.25) is 0 Å². The van der Waals surface area contributed by atoms with E-state index in [1.807, 2.05) is 6.07 Å². The lowest BCUT2D eigenvalue weighted by Crippen LogP contribution is -2.39. The number of hydrogen-bond acceptors (Lipinski definition) is 10. The molecule has 1 spiro atoms. The van der Waals surface area contributed by atoms with E-state index in [-0.39, 0.29) is 67.4 Å². The number of aromatic amines is 1. The van der Waals surface area contributed by atoms with Crippen LogP contribution < -0.4 is 26.2 Å². The Morgan fingerprint density at radius 2 is 2.11 bits per heavy atom. The normalized spacial score (nSPS) is 16.2. The summed E-state index contributed by atoms with van der Waals surface area (Å²) >= 11 is 0. The number of fused-ring (bicyclic) bond motifs is 2. The third-order valence-corrected chi connectivity index (χ3v) is 7.27. The fourth-order valence-electron chi connectivity index (χ4n) is 5.08. The summed E-state index contributed by atoms with van der Waals surface area (Å²) < 4.78 is 53.3. The van der Waals surface area contributed by atoms with Crippen LogP contribution in [0.25, 0.3) is 33.3 Å². The lowest BCUT2D eigenvalue weighted by molar-refractivity contribution is -0.125. The number of nitrogens with zero attached hydrogens (tertiary/aromatic N) is 6. The van der Waals surface area contributed by atoms with Crippen molar-refractivity contribution >= 4 is 34.3 Å². The third-order valence-electron chi connectivity index (χ3n) is 7.27. The monoisotopic (exact) mass is 604 g/mol. The molecule has 1 aromatic carbocycles. The highest BCUT2D eigenvalue weighted by Crippen LogP contribution is 2.51. The number of benzene rings is 1. The summed E-state index contributed by atoms with van der Waals surface area (Å²) in [5.74, 6) is -1.95. The predicted octanol–water partition coefficient (Wildman–Crippen LogP) is 3.09. The summed E-state index contributed by atoms with van der Waals surface area (Å²) in [6, 6.07) is 4.40. The number of anilines is 2. The van der Waals surface area contributed by atoms with Gasteiger partial charge < -0.3 is 20.5 Å². The Labute approximate surface area is 253 Å². The van der Waals surface area contributed by atoms with Crippen molar-refractivity contribution in [2.24, 2.45) is 12.8 Å². The minimum Gasteiger partial charge on any atom is -0.474 e. The largest absolute Gasteiger partial charge is 0.474 e. The lowest BCUT2D eigenvalue weighted by atomic mass is 9.96. The molecular formula is C29H28FN9O5. The molecule has 0 atom stereocenters. The quantitative estimate of drug-likeness (QED) is 0.312. The molecule has 1 saturated carbocycles. The van der Waals surface area contributed by atoms with Crippen LogP contribution in [0.1, 0.15) is 49.0 Å². The second-order valence-electron chi connectivity index (χ2n) is 11.5. The fourth-order valence-corrected chi connectivity index (χ4v) is 5.08. The first kappa shape index (κ1) is 25.2. The van der Waals surface area contributed by atoms with Crippen LogP contribution in [0.2, 0.25) is 0 Å². The first-order chi connectivity index (χ1) is 22.0. The standard InChI is InChI=1S/C29H28FN9O5/c1-28(2,3)44-27(42)38(4)24-21-13(19(11-32)36-37-25(21)40)8-17(34-24)15-12-33-39(5)22(15)20-14(10-31)23-18(9-16(20)30)35-26(41)29(43-23)6-7-29/h8-9,12H,6-7,11,32H2,1-5H3,(H,35,41)(H,37,40)/i4D3. The van der Waals surface area contributed by atoms with Crippen molar-refractivity contribution in [3.8, 4) is 34.3 Å². The number of halogens is 1. The molecule has 2 aliphatic rings. The molecule has 0 bridgehead atoms. The number of rotatable bonds is 4. The molecule has 14 nitrogen and oxygen atoms in total. The Bertz CT molecular complexity index is 2110. The van der Waals surface area contributed by atoms with Gasteiger partial charge in [0.15, 0.2) is 17.2 Å². The number of aryl methyl sites for hydroxylation is 1. The van der Waals surface area contributed by atoms with E-state index in [0.29, 0.717) is 12.8 Å². The molecule has 2 amide bonds. The summed E-state index contributed by atoms with van der Waals surface area (Å²) in [5, 5.41) is 23.1. The van der Waals surface area contributed by atoms with Crippen LogP contribution >= 0.6 is 0 Å². The summed E-state index contributed by atoms with van der Waals surface area (Å²) in [6.07, 6.45) is 0.824. The Kier molecular flexibility index (Phi) is 5.63. The molecule has 0 radical (unpaired) electrons. The van der Waals surface area contributed by atoms with Crippen molar-refractivity contribution in [2.45, 2.75) is 51.4 Å². The number of carbonyl (C=O) groups excluding carboxylic acids is 2. The molecule has 1 aliphatic carbocycles. The van der Waals surface area contributed by atoms with Gasteiger partial charge in [-0.15, -0.1) is 0 Å². The van der Waals surface area contributed by atoms with E-state index < -0.39 is 47.4 Å². The summed E-state index contributed by atoms with van der Waals surface area (Å²) in [4.78, 5) is 43.9. The number of pyridine rings is 1. The summed E-state index contributed by atoms with van der Waals surface area (Å²) in [7, 11) is 1.48. The molecule has 226 valence electrons. The molecule has 6 rings (SSSR count). The fraction of sp³-hybridized carbons (Fsp3) is 0.345. The Morgan fingerprint density at radius 3 is 2.75 bits per heavy atom. The molecule has 1 aliphatic heterocycles. The zero-order valence-corrected chi connectivity index (χ0v) is 24.0. The van der Waals surface area contributed by atoms with Crippen molar-refractivity contribution < 1.29 is 27.6 Å².